The minimum Gasteiger partial charge on any atom is -0.361 e. The highest BCUT2D eigenvalue weighted by Gasteiger charge is 2.19. The van der Waals surface area contributed by atoms with E-state index in [4.69, 9.17) is 0 Å². The van der Waals surface area contributed by atoms with Crippen LogP contribution in [-0.4, -0.2) is 29.0 Å². The van der Waals surface area contributed by atoms with Crippen molar-refractivity contribution in [1.82, 2.24) is 10.3 Å². The quantitative estimate of drug-likeness (QED) is 0.431. The molecule has 1 saturated carbocycles. The fourth-order valence-electron chi connectivity index (χ4n) is 1.31. The van der Waals surface area contributed by atoms with Crippen molar-refractivity contribution in [3.63, 3.8) is 0 Å². The summed E-state index contributed by atoms with van der Waals surface area (Å²) in [7, 11) is 0. The van der Waals surface area contributed by atoms with Crippen LogP contribution in [0, 0.1) is 10.1 Å². The lowest BCUT2D eigenvalue weighted by molar-refractivity contribution is -0.380. The minimum absolute atomic E-state index is 0.0820. The predicted molar refractivity (Wildman–Crippen MR) is 62.9 cm³/mol. The predicted octanol–water partition coefficient (Wildman–Crippen LogP) is 1.61. The van der Waals surface area contributed by atoms with Gasteiger partial charge in [-0.3, -0.25) is 10.1 Å². The van der Waals surface area contributed by atoms with E-state index >= 15 is 0 Å². The normalized spacial score (nSPS) is 15.0. The molecule has 0 atom stereocenters. The van der Waals surface area contributed by atoms with Crippen LogP contribution in [0.5, 0.6) is 0 Å². The molecule has 0 amide bonds. The molecule has 1 aromatic heterocycles. The van der Waals surface area contributed by atoms with Crippen molar-refractivity contribution < 1.29 is 4.92 Å². The third-order valence-electron chi connectivity index (χ3n) is 2.31. The molecule has 0 unspecified atom stereocenters. The van der Waals surface area contributed by atoms with Gasteiger partial charge >= 0.3 is 5.00 Å². The maximum Gasteiger partial charge on any atom is 0.345 e. The van der Waals surface area contributed by atoms with Gasteiger partial charge in [0, 0.05) is 12.6 Å². The second-order valence-electron chi connectivity index (χ2n) is 3.77. The second kappa shape index (κ2) is 5.22. The molecule has 1 aliphatic rings. The van der Waals surface area contributed by atoms with Gasteiger partial charge in [0.15, 0.2) is 5.13 Å². The Morgan fingerprint density at radius 2 is 2.38 bits per heavy atom. The molecule has 0 spiro atoms. The van der Waals surface area contributed by atoms with Gasteiger partial charge in [-0.05, 0) is 37.1 Å². The van der Waals surface area contributed by atoms with Crippen LogP contribution in [0.15, 0.2) is 6.20 Å². The molecule has 1 fully saturated rings. The van der Waals surface area contributed by atoms with Crippen LogP contribution in [0.1, 0.15) is 19.3 Å². The lowest BCUT2D eigenvalue weighted by Gasteiger charge is -2.03. The maximum absolute atomic E-state index is 10.4. The van der Waals surface area contributed by atoms with E-state index < -0.39 is 4.92 Å². The van der Waals surface area contributed by atoms with Crippen LogP contribution in [-0.2, 0) is 0 Å². The topological polar surface area (TPSA) is 80.1 Å². The van der Waals surface area contributed by atoms with Gasteiger partial charge in [-0.25, -0.2) is 4.98 Å². The molecule has 0 radical (unpaired) electrons. The zero-order chi connectivity index (χ0) is 11.4. The third-order valence-corrected chi connectivity index (χ3v) is 3.22. The number of nitro groups is 1. The highest BCUT2D eigenvalue weighted by atomic mass is 32.1. The van der Waals surface area contributed by atoms with Gasteiger partial charge in [-0.1, -0.05) is 0 Å². The Bertz CT molecular complexity index is 364. The average molecular weight is 242 g/mol. The number of nitrogens with one attached hydrogen (secondary N) is 2. The molecule has 0 aliphatic heterocycles. The second-order valence-corrected chi connectivity index (χ2v) is 4.78. The summed E-state index contributed by atoms with van der Waals surface area (Å²) in [6.07, 6.45) is 4.89. The first-order chi connectivity index (χ1) is 7.75. The summed E-state index contributed by atoms with van der Waals surface area (Å²) in [4.78, 5) is 13.9. The number of aromatic nitrogens is 1. The zero-order valence-corrected chi connectivity index (χ0v) is 9.63. The number of rotatable bonds is 7. The van der Waals surface area contributed by atoms with Gasteiger partial charge in [-0.15, -0.1) is 0 Å². The van der Waals surface area contributed by atoms with E-state index in [9.17, 15) is 10.1 Å². The summed E-state index contributed by atoms with van der Waals surface area (Å²) in [5.41, 5.74) is 0. The number of thiazole rings is 1. The molecule has 1 heterocycles. The van der Waals surface area contributed by atoms with Crippen molar-refractivity contribution in [2.75, 3.05) is 18.4 Å². The molecule has 7 heteroatoms. The maximum atomic E-state index is 10.4. The SMILES string of the molecule is O=[N+]([O-])c1cnc(NCCCNC2CC2)s1. The van der Waals surface area contributed by atoms with Crippen molar-refractivity contribution in [2.45, 2.75) is 25.3 Å². The fourth-order valence-corrected chi connectivity index (χ4v) is 1.97. The first kappa shape index (κ1) is 11.3. The number of anilines is 1. The molecular weight excluding hydrogens is 228 g/mol. The smallest absolute Gasteiger partial charge is 0.345 e. The largest absolute Gasteiger partial charge is 0.361 e. The zero-order valence-electron chi connectivity index (χ0n) is 8.81. The summed E-state index contributed by atoms with van der Waals surface area (Å²) < 4.78 is 0. The van der Waals surface area contributed by atoms with Crippen molar-refractivity contribution in [3.8, 4) is 0 Å². The van der Waals surface area contributed by atoms with Crippen LogP contribution in [0.2, 0.25) is 0 Å². The van der Waals surface area contributed by atoms with E-state index in [1.807, 2.05) is 0 Å². The van der Waals surface area contributed by atoms with Crippen molar-refractivity contribution in [3.05, 3.63) is 16.3 Å². The van der Waals surface area contributed by atoms with E-state index in [2.05, 4.69) is 15.6 Å². The van der Waals surface area contributed by atoms with Gasteiger partial charge in [-0.2, -0.15) is 0 Å². The Morgan fingerprint density at radius 1 is 1.56 bits per heavy atom. The van der Waals surface area contributed by atoms with Gasteiger partial charge in [0.1, 0.15) is 6.20 Å². The number of hydrogen-bond donors (Lipinski definition) is 2. The van der Waals surface area contributed by atoms with Crippen molar-refractivity contribution in [2.24, 2.45) is 0 Å². The molecule has 2 N–H and O–H groups in total. The minimum atomic E-state index is -0.419. The third kappa shape index (κ3) is 3.42. The van der Waals surface area contributed by atoms with E-state index in [1.165, 1.54) is 19.0 Å². The van der Waals surface area contributed by atoms with Crippen LogP contribution in [0.4, 0.5) is 10.1 Å². The van der Waals surface area contributed by atoms with Crippen LogP contribution < -0.4 is 10.6 Å². The number of hydrogen-bond acceptors (Lipinski definition) is 6. The Morgan fingerprint density at radius 3 is 3.00 bits per heavy atom. The highest BCUT2D eigenvalue weighted by molar-refractivity contribution is 7.18. The average Bonchev–Trinajstić information content (AvgIpc) is 2.94. The molecular formula is C9H14N4O2S. The van der Waals surface area contributed by atoms with Crippen molar-refractivity contribution in [1.29, 1.82) is 0 Å². The molecule has 1 aliphatic carbocycles. The van der Waals surface area contributed by atoms with Crippen molar-refractivity contribution >= 4 is 21.5 Å². The first-order valence-corrected chi connectivity index (χ1v) is 6.15. The monoisotopic (exact) mass is 242 g/mol. The Balaban J connectivity index is 1.62. The van der Waals surface area contributed by atoms with E-state index in [0.717, 1.165) is 36.9 Å². The standard InChI is InChI=1S/C9H14N4O2S/c14-13(15)8-6-12-9(16-8)11-5-1-4-10-7-2-3-7/h6-7,10H,1-5H2,(H,11,12). The molecule has 6 nitrogen and oxygen atoms in total. The molecule has 2 rings (SSSR count). The first-order valence-electron chi connectivity index (χ1n) is 5.33. The lowest BCUT2D eigenvalue weighted by atomic mass is 10.4. The van der Waals surface area contributed by atoms with E-state index in [-0.39, 0.29) is 5.00 Å². The summed E-state index contributed by atoms with van der Waals surface area (Å²) >= 11 is 1.08. The molecule has 0 aromatic carbocycles. The van der Waals surface area contributed by atoms with Gasteiger partial charge in [0.05, 0.1) is 4.92 Å². The molecule has 88 valence electrons. The summed E-state index contributed by atoms with van der Waals surface area (Å²) in [5, 5.41) is 17.6. The van der Waals surface area contributed by atoms with Crippen LogP contribution in [0.25, 0.3) is 0 Å². The summed E-state index contributed by atoms with van der Waals surface area (Å²) in [6, 6.07) is 0.737. The van der Waals surface area contributed by atoms with Gasteiger partial charge in [0.25, 0.3) is 0 Å². The van der Waals surface area contributed by atoms with Gasteiger partial charge < -0.3 is 10.6 Å². The van der Waals surface area contributed by atoms with Crippen LogP contribution >= 0.6 is 11.3 Å². The van der Waals surface area contributed by atoms with Crippen LogP contribution in [0.3, 0.4) is 0 Å². The molecule has 16 heavy (non-hydrogen) atoms. The molecule has 0 bridgehead atoms. The number of nitrogens with zero attached hydrogens (tertiary/aromatic N) is 2. The summed E-state index contributed by atoms with van der Waals surface area (Å²) in [6.45, 7) is 1.79. The Labute approximate surface area is 97.2 Å². The van der Waals surface area contributed by atoms with E-state index in [1.54, 1.807) is 0 Å². The Hall–Kier alpha value is -1.21. The van der Waals surface area contributed by atoms with E-state index in [0.29, 0.717) is 5.13 Å². The summed E-state index contributed by atoms with van der Waals surface area (Å²) in [5.74, 6) is 0. The molecule has 1 aromatic rings. The highest BCUT2D eigenvalue weighted by Crippen LogP contribution is 2.24. The lowest BCUT2D eigenvalue weighted by Crippen LogP contribution is -2.19. The Kier molecular flexibility index (Phi) is 3.68. The molecule has 0 saturated heterocycles. The van der Waals surface area contributed by atoms with Gasteiger partial charge in [0.2, 0.25) is 0 Å². The fraction of sp³-hybridized carbons (Fsp3) is 0.667.